The highest BCUT2D eigenvalue weighted by Gasteiger charge is 2.42. The van der Waals surface area contributed by atoms with Crippen LogP contribution < -0.4 is 17.0 Å². The highest BCUT2D eigenvalue weighted by Crippen LogP contribution is 2.48. The molecule has 20 heteroatoms. The van der Waals surface area contributed by atoms with Crippen molar-refractivity contribution in [2.24, 2.45) is 11.8 Å². The number of fused-ring (bicyclic) bond motifs is 2. The fraction of sp³-hybridized carbons (Fsp3) is 0.565. The number of nitrogen functional groups attached to an aromatic ring is 2. The van der Waals surface area contributed by atoms with Crippen LogP contribution in [0.4, 0.5) is 16.2 Å². The number of nitrogens with one attached hydrogen (secondary N) is 1. The van der Waals surface area contributed by atoms with Crippen molar-refractivity contribution in [1.29, 1.82) is 0 Å². The minimum Gasteiger partial charge on any atom is -0.390 e. The quantitative estimate of drug-likeness (QED) is 0.158. The first kappa shape index (κ1) is 30.9. The molecular formula is C23H32FN10O8P. The van der Waals surface area contributed by atoms with Gasteiger partial charge in [-0.05, 0) is 25.7 Å². The molecule has 0 radical (unpaired) electrons. The van der Waals surface area contributed by atoms with Gasteiger partial charge in [0.25, 0.3) is 5.56 Å². The van der Waals surface area contributed by atoms with Crippen molar-refractivity contribution >= 4 is 41.9 Å². The molecule has 18 nitrogen and oxygen atoms in total. The molecule has 5 heterocycles. The fourth-order valence-electron chi connectivity index (χ4n) is 5.02. The summed E-state index contributed by atoms with van der Waals surface area (Å²) in [5.41, 5.74) is 11.2. The Morgan fingerprint density at radius 3 is 2.65 bits per heavy atom. The van der Waals surface area contributed by atoms with Crippen molar-refractivity contribution in [3.8, 4) is 0 Å². The summed E-state index contributed by atoms with van der Waals surface area (Å²) in [4.78, 5) is 45.3. The molecule has 0 amide bonds. The van der Waals surface area contributed by atoms with Gasteiger partial charge < -0.3 is 31.3 Å². The summed E-state index contributed by atoms with van der Waals surface area (Å²) in [6.45, 7) is 1.81. The zero-order valence-electron chi connectivity index (χ0n) is 23.1. The van der Waals surface area contributed by atoms with Gasteiger partial charge in [0.05, 0.1) is 38.1 Å². The lowest BCUT2D eigenvalue weighted by molar-refractivity contribution is -0.108. The van der Waals surface area contributed by atoms with Crippen LogP contribution in [0.1, 0.15) is 39.1 Å². The number of alkyl halides is 1. The Balaban J connectivity index is 1.41. The van der Waals surface area contributed by atoms with Crippen molar-refractivity contribution in [2.75, 3.05) is 24.7 Å². The number of anilines is 2. The lowest BCUT2D eigenvalue weighted by atomic mass is 9.88. The van der Waals surface area contributed by atoms with E-state index in [0.717, 1.165) is 10.9 Å². The molecule has 1 saturated heterocycles. The summed E-state index contributed by atoms with van der Waals surface area (Å²) in [7, 11) is -5.03. The van der Waals surface area contributed by atoms with Gasteiger partial charge in [0, 0.05) is 5.92 Å². The third kappa shape index (κ3) is 6.23. The summed E-state index contributed by atoms with van der Waals surface area (Å²) in [5, 5.41) is 22.4. The second-order valence-corrected chi connectivity index (χ2v) is 11.7. The van der Waals surface area contributed by atoms with Crippen LogP contribution in [0, 0.1) is 11.8 Å². The molecule has 1 aliphatic rings. The van der Waals surface area contributed by atoms with Crippen LogP contribution in [0.15, 0.2) is 23.8 Å². The Morgan fingerprint density at radius 1 is 1.19 bits per heavy atom. The highest BCUT2D eigenvalue weighted by molar-refractivity contribution is 7.47. The molecule has 5 rings (SSSR count). The molecule has 0 saturated carbocycles. The molecule has 43 heavy (non-hydrogen) atoms. The summed E-state index contributed by atoms with van der Waals surface area (Å²) in [6.07, 6.45) is -2.92. The number of halogens is 1. The fourth-order valence-corrected chi connectivity index (χ4v) is 5.95. The number of phosphoric ester groups is 1. The maximum absolute atomic E-state index is 14.4. The van der Waals surface area contributed by atoms with E-state index in [4.69, 9.17) is 25.3 Å². The van der Waals surface area contributed by atoms with Crippen LogP contribution in [-0.2, 0) is 18.3 Å². The lowest BCUT2D eigenvalue weighted by Crippen LogP contribution is -2.40. The lowest BCUT2D eigenvalue weighted by Gasteiger charge is -2.32. The number of hydrogen-bond donors (Lipinski definition) is 6. The molecule has 0 spiro atoms. The third-order valence-corrected chi connectivity index (χ3v) is 8.46. The minimum atomic E-state index is -5.03. The van der Waals surface area contributed by atoms with Gasteiger partial charge in [-0.1, -0.05) is 6.92 Å². The number of aromatic amines is 1. The van der Waals surface area contributed by atoms with Gasteiger partial charge in [-0.15, -0.1) is 0 Å². The Kier molecular flexibility index (Phi) is 8.75. The highest BCUT2D eigenvalue weighted by atomic mass is 31.2. The van der Waals surface area contributed by atoms with Crippen LogP contribution in [0.25, 0.3) is 22.3 Å². The number of aliphatic hydroxyl groups is 2. The van der Waals surface area contributed by atoms with Crippen molar-refractivity contribution < 1.29 is 37.8 Å². The van der Waals surface area contributed by atoms with Crippen LogP contribution in [0.2, 0.25) is 0 Å². The second kappa shape index (κ2) is 12.2. The zero-order valence-corrected chi connectivity index (χ0v) is 24.0. The van der Waals surface area contributed by atoms with E-state index in [1.807, 2.05) is 0 Å². The van der Waals surface area contributed by atoms with Crippen molar-refractivity contribution in [3.05, 3.63) is 29.3 Å². The number of nitrogens with zero attached hydrogens (tertiary/aromatic N) is 7. The number of imidazole rings is 2. The van der Waals surface area contributed by atoms with Crippen molar-refractivity contribution in [3.63, 3.8) is 0 Å². The van der Waals surface area contributed by atoms with E-state index in [-0.39, 0.29) is 35.8 Å². The smallest absolute Gasteiger partial charge is 0.390 e. The van der Waals surface area contributed by atoms with E-state index in [1.165, 1.54) is 12.7 Å². The molecule has 0 aromatic carbocycles. The van der Waals surface area contributed by atoms with E-state index in [1.54, 1.807) is 18.4 Å². The first-order chi connectivity index (χ1) is 20.4. The number of hydrogen-bond acceptors (Lipinski definition) is 14. The molecule has 0 aliphatic carbocycles. The summed E-state index contributed by atoms with van der Waals surface area (Å²) < 4.78 is 46.7. The molecule has 4 aromatic rings. The number of phosphoric acid groups is 1. The minimum absolute atomic E-state index is 0.154. The standard InChI is InChI=1S/C23H32FN10O8P/c1-10-3-4-12(5-24)13(41-11(2)33-8-29-14-18(25)27-7-28-19(14)33)6-40-43(38,39)42-17(16(10)35)22(37)34-9-30-15-20(34)31-23(26)32-21(15)36/h7-13,16-17,22,35,37H,3-6H2,1-2H3,(H,38,39)(H2,25,27,28)(H3,26,31,32,36)/t10?,11-,12-,13?,16?,17?,22?/m1/s1. The molecule has 0 bridgehead atoms. The summed E-state index contributed by atoms with van der Waals surface area (Å²) in [6, 6.07) is 0. The Labute approximate surface area is 242 Å². The maximum Gasteiger partial charge on any atom is 0.472 e. The Morgan fingerprint density at radius 2 is 1.91 bits per heavy atom. The predicted molar refractivity (Wildman–Crippen MR) is 148 cm³/mol. The van der Waals surface area contributed by atoms with Gasteiger partial charge in [0.1, 0.15) is 24.2 Å². The van der Waals surface area contributed by atoms with Crippen LogP contribution in [0.3, 0.4) is 0 Å². The molecular weight excluding hydrogens is 594 g/mol. The average molecular weight is 627 g/mol. The monoisotopic (exact) mass is 626 g/mol. The predicted octanol–water partition coefficient (Wildman–Crippen LogP) is 0.397. The van der Waals surface area contributed by atoms with E-state index >= 15 is 0 Å². The van der Waals surface area contributed by atoms with Gasteiger partial charge in [0.2, 0.25) is 5.95 Å². The largest absolute Gasteiger partial charge is 0.472 e. The van der Waals surface area contributed by atoms with Crippen LogP contribution in [0.5, 0.6) is 0 Å². The number of rotatable bonds is 6. The van der Waals surface area contributed by atoms with Gasteiger partial charge in [-0.2, -0.15) is 4.98 Å². The normalized spacial score (nSPS) is 28.9. The summed E-state index contributed by atoms with van der Waals surface area (Å²) >= 11 is 0. The van der Waals surface area contributed by atoms with Crippen molar-refractivity contribution in [2.45, 2.75) is 57.5 Å². The molecule has 4 aromatic heterocycles. The van der Waals surface area contributed by atoms with E-state index in [2.05, 4.69) is 29.9 Å². The first-order valence-electron chi connectivity index (χ1n) is 13.3. The number of aliphatic hydroxyl groups excluding tert-OH is 2. The molecule has 234 valence electrons. The molecule has 1 aliphatic heterocycles. The molecule has 8 atom stereocenters. The van der Waals surface area contributed by atoms with Gasteiger partial charge >= 0.3 is 7.82 Å². The number of aromatic nitrogens is 8. The van der Waals surface area contributed by atoms with E-state index in [0.29, 0.717) is 11.2 Å². The molecule has 1 fully saturated rings. The second-order valence-electron chi connectivity index (χ2n) is 10.3. The molecule has 8 N–H and O–H groups in total. The zero-order chi connectivity index (χ0) is 31.1. The number of H-pyrrole nitrogens is 1. The van der Waals surface area contributed by atoms with Crippen LogP contribution >= 0.6 is 7.82 Å². The number of nitrogens with two attached hydrogens (primary N) is 2. The third-order valence-electron chi connectivity index (χ3n) is 7.47. The van der Waals surface area contributed by atoms with Crippen molar-refractivity contribution in [1.82, 2.24) is 39.0 Å². The van der Waals surface area contributed by atoms with Gasteiger partial charge in [-0.25, -0.2) is 24.5 Å². The summed E-state index contributed by atoms with van der Waals surface area (Å²) in [5.74, 6) is -1.60. The maximum atomic E-state index is 14.4. The van der Waals surface area contributed by atoms with E-state index in [9.17, 15) is 28.9 Å². The Bertz CT molecular complexity index is 1700. The SMILES string of the molecule is CC1CC[C@H](CF)C(O[C@H](C)n2cnc3c(N)ncnc32)COP(=O)(O)OC(C(O)n2cnc3c(=O)[nH]c(N)nc32)C1O. The number of ether oxygens (including phenoxy) is 1. The average Bonchev–Trinajstić information content (AvgIpc) is 3.59. The van der Waals surface area contributed by atoms with Gasteiger partial charge in [-0.3, -0.25) is 32.4 Å². The Hall–Kier alpha value is -3.58. The first-order valence-corrected chi connectivity index (χ1v) is 14.8. The topological polar surface area (TPSA) is 265 Å². The van der Waals surface area contributed by atoms with Gasteiger partial charge in [0.15, 0.2) is 28.9 Å². The van der Waals surface area contributed by atoms with Crippen LogP contribution in [-0.4, -0.2) is 85.7 Å². The van der Waals surface area contributed by atoms with E-state index < -0.39 is 69.3 Å². The molecule has 6 unspecified atom stereocenters.